The Morgan fingerprint density at radius 2 is 1.41 bits per heavy atom. The Kier molecular flexibility index (Phi) is 3.47. The average Bonchev–Trinajstić information content (AvgIpc) is 2.80. The largest absolute Gasteiger partial charge is 0.340 e. The first kappa shape index (κ1) is 14.0. The van der Waals surface area contributed by atoms with Crippen LogP contribution in [0.4, 0.5) is 0 Å². The van der Waals surface area contributed by atoms with E-state index >= 15 is 0 Å². The molecule has 0 unspecified atom stereocenters. The smallest absolute Gasteiger partial charge is 0.329 e. The third-order valence-electron chi connectivity index (χ3n) is 3.59. The number of amides is 2. The Hall–Kier alpha value is -2.95. The third-order valence-corrected chi connectivity index (χ3v) is 3.59. The highest BCUT2D eigenvalue weighted by Gasteiger charge is 2.39. The Balaban J connectivity index is 1.79. The predicted octanol–water partition coefficient (Wildman–Crippen LogP) is 2.54. The number of fused-ring (bicyclic) bond motifs is 1. The highest BCUT2D eigenvalue weighted by atomic mass is 16.7. The molecular weight excluding hydrogens is 282 g/mol. The van der Waals surface area contributed by atoms with Crippen molar-refractivity contribution in [3.05, 3.63) is 71.3 Å². The summed E-state index contributed by atoms with van der Waals surface area (Å²) in [5.74, 6) is -2.46. The van der Waals surface area contributed by atoms with E-state index in [0.717, 1.165) is 5.56 Å². The molecule has 0 fully saturated rings. The highest BCUT2D eigenvalue weighted by molar-refractivity contribution is 6.20. The van der Waals surface area contributed by atoms with Crippen molar-refractivity contribution in [1.29, 1.82) is 0 Å². The van der Waals surface area contributed by atoms with Gasteiger partial charge in [-0.2, -0.15) is 0 Å². The van der Waals surface area contributed by atoms with Gasteiger partial charge in [0.05, 0.1) is 17.0 Å². The lowest BCUT2D eigenvalue weighted by Gasteiger charge is -2.16. The topological polar surface area (TPSA) is 63.7 Å². The van der Waals surface area contributed by atoms with Crippen molar-refractivity contribution >= 4 is 17.8 Å². The number of carbonyl (C=O) groups is 3. The van der Waals surface area contributed by atoms with Crippen LogP contribution in [0.3, 0.4) is 0 Å². The molecule has 1 atom stereocenters. The number of benzene rings is 2. The predicted molar refractivity (Wildman–Crippen MR) is 77.9 cm³/mol. The molecule has 0 aromatic heterocycles. The molecule has 5 nitrogen and oxygen atoms in total. The maximum absolute atomic E-state index is 12.2. The maximum atomic E-state index is 12.2. The van der Waals surface area contributed by atoms with Crippen molar-refractivity contribution in [3.8, 4) is 0 Å². The number of hydroxylamine groups is 2. The van der Waals surface area contributed by atoms with E-state index in [9.17, 15) is 14.4 Å². The van der Waals surface area contributed by atoms with Crippen molar-refractivity contribution < 1.29 is 19.2 Å². The summed E-state index contributed by atoms with van der Waals surface area (Å²) < 4.78 is 0. The first-order chi connectivity index (χ1) is 10.6. The van der Waals surface area contributed by atoms with Crippen LogP contribution in [0.5, 0.6) is 0 Å². The van der Waals surface area contributed by atoms with Gasteiger partial charge in [0.1, 0.15) is 0 Å². The van der Waals surface area contributed by atoms with Crippen molar-refractivity contribution in [2.75, 3.05) is 0 Å². The standard InChI is InChI=1S/C17H13NO4/c1-11(12-7-3-2-4-8-12)17(21)22-18-15(19)13-9-5-6-10-14(13)16(18)20/h2-11H,1H3/t11-/m0/s1. The molecule has 0 spiro atoms. The second kappa shape index (κ2) is 5.44. The molecule has 22 heavy (non-hydrogen) atoms. The molecule has 0 radical (unpaired) electrons. The molecular formula is C17H13NO4. The second-order valence-corrected chi connectivity index (χ2v) is 4.99. The lowest BCUT2D eigenvalue weighted by molar-refractivity contribution is -0.170. The quantitative estimate of drug-likeness (QED) is 0.816. The van der Waals surface area contributed by atoms with Crippen LogP contribution in [-0.2, 0) is 9.63 Å². The fourth-order valence-corrected chi connectivity index (χ4v) is 2.30. The molecule has 1 heterocycles. The van der Waals surface area contributed by atoms with Gasteiger partial charge in [0.2, 0.25) is 0 Å². The molecule has 0 N–H and O–H groups in total. The van der Waals surface area contributed by atoms with Gasteiger partial charge in [-0.25, -0.2) is 4.79 Å². The van der Waals surface area contributed by atoms with Gasteiger partial charge in [-0.05, 0) is 24.6 Å². The van der Waals surface area contributed by atoms with Crippen LogP contribution in [0, 0.1) is 0 Å². The summed E-state index contributed by atoms with van der Waals surface area (Å²) in [7, 11) is 0. The normalized spacial score (nSPS) is 14.7. The van der Waals surface area contributed by atoms with Crippen molar-refractivity contribution in [1.82, 2.24) is 5.06 Å². The van der Waals surface area contributed by atoms with E-state index in [0.29, 0.717) is 5.06 Å². The van der Waals surface area contributed by atoms with Crippen molar-refractivity contribution in [3.63, 3.8) is 0 Å². The molecule has 2 aromatic rings. The third kappa shape index (κ3) is 2.26. The monoisotopic (exact) mass is 295 g/mol. The number of hydrogen-bond donors (Lipinski definition) is 0. The molecule has 0 saturated carbocycles. The molecule has 5 heteroatoms. The van der Waals surface area contributed by atoms with Crippen LogP contribution in [-0.4, -0.2) is 22.8 Å². The van der Waals surface area contributed by atoms with E-state index in [1.165, 1.54) is 12.1 Å². The van der Waals surface area contributed by atoms with Gasteiger partial charge in [0, 0.05) is 0 Å². The number of imide groups is 1. The van der Waals surface area contributed by atoms with E-state index in [1.807, 2.05) is 6.07 Å². The molecule has 0 bridgehead atoms. The lowest BCUT2D eigenvalue weighted by Crippen LogP contribution is -2.34. The average molecular weight is 295 g/mol. The van der Waals surface area contributed by atoms with E-state index in [4.69, 9.17) is 4.84 Å². The summed E-state index contributed by atoms with van der Waals surface area (Å²) in [6, 6.07) is 15.4. The van der Waals surface area contributed by atoms with E-state index in [1.54, 1.807) is 43.3 Å². The molecule has 2 amide bonds. The number of nitrogens with zero attached hydrogens (tertiary/aromatic N) is 1. The maximum Gasteiger partial charge on any atom is 0.340 e. The van der Waals surface area contributed by atoms with Gasteiger partial charge in [-0.3, -0.25) is 9.59 Å². The first-order valence-electron chi connectivity index (χ1n) is 6.84. The summed E-state index contributed by atoms with van der Waals surface area (Å²) in [4.78, 5) is 41.5. The number of carbonyl (C=O) groups excluding carboxylic acids is 3. The van der Waals surface area contributed by atoms with Crippen molar-refractivity contribution in [2.45, 2.75) is 12.8 Å². The Labute approximate surface area is 127 Å². The van der Waals surface area contributed by atoms with E-state index in [2.05, 4.69) is 0 Å². The molecule has 0 aliphatic carbocycles. The van der Waals surface area contributed by atoms with Crippen LogP contribution in [0.25, 0.3) is 0 Å². The van der Waals surface area contributed by atoms with Gasteiger partial charge in [-0.1, -0.05) is 47.5 Å². The number of hydrogen-bond acceptors (Lipinski definition) is 4. The summed E-state index contributed by atoms with van der Waals surface area (Å²) >= 11 is 0. The summed E-state index contributed by atoms with van der Waals surface area (Å²) in [5, 5.41) is 0.534. The summed E-state index contributed by atoms with van der Waals surface area (Å²) in [6.07, 6.45) is 0. The SMILES string of the molecule is C[C@H](C(=O)ON1C(=O)c2ccccc2C1=O)c1ccccc1. The van der Waals surface area contributed by atoms with Crippen LogP contribution in [0.1, 0.15) is 39.1 Å². The minimum atomic E-state index is -0.652. The minimum absolute atomic E-state index is 0.243. The Morgan fingerprint density at radius 3 is 1.95 bits per heavy atom. The molecule has 0 saturated heterocycles. The van der Waals surface area contributed by atoms with Crippen LogP contribution in [0.15, 0.2) is 54.6 Å². The number of rotatable bonds is 3. The highest BCUT2D eigenvalue weighted by Crippen LogP contribution is 2.24. The molecule has 110 valence electrons. The summed E-state index contributed by atoms with van der Waals surface area (Å²) in [5.41, 5.74) is 1.24. The van der Waals surface area contributed by atoms with Gasteiger partial charge in [0.25, 0.3) is 11.8 Å². The van der Waals surface area contributed by atoms with E-state index in [-0.39, 0.29) is 11.1 Å². The lowest BCUT2D eigenvalue weighted by atomic mass is 10.0. The minimum Gasteiger partial charge on any atom is -0.329 e. The van der Waals surface area contributed by atoms with Crippen molar-refractivity contribution in [2.24, 2.45) is 0 Å². The van der Waals surface area contributed by atoms with Crippen LogP contribution < -0.4 is 0 Å². The Bertz CT molecular complexity index is 719. The zero-order chi connectivity index (χ0) is 15.7. The van der Waals surface area contributed by atoms with Crippen LogP contribution >= 0.6 is 0 Å². The van der Waals surface area contributed by atoms with Crippen LogP contribution in [0.2, 0.25) is 0 Å². The zero-order valence-electron chi connectivity index (χ0n) is 11.9. The fraction of sp³-hybridized carbons (Fsp3) is 0.118. The fourth-order valence-electron chi connectivity index (χ4n) is 2.30. The zero-order valence-corrected chi connectivity index (χ0v) is 11.9. The first-order valence-corrected chi connectivity index (χ1v) is 6.84. The second-order valence-electron chi connectivity index (χ2n) is 4.99. The molecule has 3 rings (SSSR count). The molecule has 1 aliphatic heterocycles. The molecule has 2 aromatic carbocycles. The van der Waals surface area contributed by atoms with Gasteiger partial charge in [0.15, 0.2) is 0 Å². The van der Waals surface area contributed by atoms with Gasteiger partial charge < -0.3 is 4.84 Å². The van der Waals surface area contributed by atoms with E-state index < -0.39 is 23.7 Å². The Morgan fingerprint density at radius 1 is 0.909 bits per heavy atom. The summed E-state index contributed by atoms with van der Waals surface area (Å²) in [6.45, 7) is 1.66. The van der Waals surface area contributed by atoms with Gasteiger partial charge >= 0.3 is 5.97 Å². The molecule has 1 aliphatic rings. The van der Waals surface area contributed by atoms with Gasteiger partial charge in [-0.15, -0.1) is 0 Å².